The summed E-state index contributed by atoms with van der Waals surface area (Å²) in [4.78, 5) is 24.8. The van der Waals surface area contributed by atoms with Crippen molar-refractivity contribution in [1.29, 1.82) is 0 Å². The molecule has 0 aliphatic rings. The van der Waals surface area contributed by atoms with E-state index < -0.39 is 36.2 Å². The van der Waals surface area contributed by atoms with E-state index in [1.165, 1.54) is 31.9 Å². The number of hydrogen-bond acceptors (Lipinski definition) is 5. The highest BCUT2D eigenvalue weighted by molar-refractivity contribution is 5.87. The molecule has 1 unspecified atom stereocenters. The molecule has 1 atom stereocenters. The molecule has 0 aliphatic heterocycles. The minimum Gasteiger partial charge on any atom is -0.493 e. The summed E-state index contributed by atoms with van der Waals surface area (Å²) in [5.41, 5.74) is 1.89. The number of halogens is 3. The molecule has 0 fully saturated rings. The minimum absolute atomic E-state index is 0.0909. The van der Waals surface area contributed by atoms with Crippen LogP contribution in [0.5, 0.6) is 5.75 Å². The van der Waals surface area contributed by atoms with Crippen LogP contribution < -0.4 is 10.4 Å². The molecular formula is C32H37F3O5. The van der Waals surface area contributed by atoms with E-state index in [1.54, 1.807) is 18.2 Å². The molecule has 3 rings (SSSR count). The lowest BCUT2D eigenvalue weighted by molar-refractivity contribution is -0.173. The molecule has 0 N–H and O–H groups in total. The van der Waals surface area contributed by atoms with Gasteiger partial charge in [0, 0.05) is 22.4 Å². The summed E-state index contributed by atoms with van der Waals surface area (Å²) in [5, 5.41) is 0.657. The van der Waals surface area contributed by atoms with Gasteiger partial charge in [0.25, 0.3) is 0 Å². The normalized spacial score (nSPS) is 13.2. The van der Waals surface area contributed by atoms with Gasteiger partial charge in [-0.15, -0.1) is 0 Å². The zero-order chi connectivity index (χ0) is 29.5. The van der Waals surface area contributed by atoms with E-state index in [4.69, 9.17) is 13.9 Å². The summed E-state index contributed by atoms with van der Waals surface area (Å²) < 4.78 is 56.1. The van der Waals surface area contributed by atoms with Crippen LogP contribution in [-0.2, 0) is 22.4 Å². The largest absolute Gasteiger partial charge is 0.493 e. The Morgan fingerprint density at radius 1 is 1.00 bits per heavy atom. The molecule has 3 aromatic rings. The molecule has 0 bridgehead atoms. The number of benzene rings is 2. The maximum absolute atomic E-state index is 13.3. The van der Waals surface area contributed by atoms with Gasteiger partial charge in [-0.2, -0.15) is 13.2 Å². The predicted molar refractivity (Wildman–Crippen MR) is 151 cm³/mol. The number of rotatable bonds is 13. The lowest BCUT2D eigenvalue weighted by atomic mass is 9.88. The molecule has 0 aliphatic carbocycles. The summed E-state index contributed by atoms with van der Waals surface area (Å²) in [6, 6.07) is 12.7. The van der Waals surface area contributed by atoms with Crippen molar-refractivity contribution in [1.82, 2.24) is 0 Å². The Hall–Kier alpha value is -3.55. The van der Waals surface area contributed by atoms with E-state index in [0.29, 0.717) is 10.9 Å². The fourth-order valence-electron chi connectivity index (χ4n) is 4.55. The molecule has 0 amide bonds. The van der Waals surface area contributed by atoms with Gasteiger partial charge < -0.3 is 13.9 Å². The van der Waals surface area contributed by atoms with Crippen molar-refractivity contribution in [2.75, 3.05) is 13.2 Å². The van der Waals surface area contributed by atoms with Gasteiger partial charge in [-0.05, 0) is 61.1 Å². The van der Waals surface area contributed by atoms with Crippen LogP contribution in [0.1, 0.15) is 64.5 Å². The van der Waals surface area contributed by atoms with Crippen molar-refractivity contribution in [2.24, 2.45) is 5.41 Å². The lowest BCUT2D eigenvalue weighted by Crippen LogP contribution is -2.36. The number of carbonyl (C=O) groups excluding carboxylic acids is 1. The van der Waals surface area contributed by atoms with Crippen molar-refractivity contribution in [3.05, 3.63) is 76.2 Å². The van der Waals surface area contributed by atoms with E-state index in [9.17, 15) is 22.8 Å². The van der Waals surface area contributed by atoms with Crippen molar-refractivity contribution in [3.63, 3.8) is 0 Å². The third-order valence-electron chi connectivity index (χ3n) is 6.73. The molecular weight excluding hydrogens is 521 g/mol. The van der Waals surface area contributed by atoms with Crippen LogP contribution in [0.15, 0.2) is 63.8 Å². The lowest BCUT2D eigenvalue weighted by Gasteiger charge is -2.30. The van der Waals surface area contributed by atoms with Crippen LogP contribution in [0.25, 0.3) is 22.1 Å². The Balaban J connectivity index is 1.83. The molecule has 1 aromatic heterocycles. The Bertz CT molecular complexity index is 1410. The molecule has 0 saturated heterocycles. The van der Waals surface area contributed by atoms with Gasteiger partial charge in [0.1, 0.15) is 17.9 Å². The molecule has 40 heavy (non-hydrogen) atoms. The standard InChI is InChI=1S/C32H37F3O5/c1-6-8-9-10-22-11-14-26(23(7-2)15-22)27-16-24-12-13-25(17-28(24)40-30(27)37)38-19-31(5,18-32(33,34)35)20-39-29(36)21(3)4/h11-17H,3,6-10,18-20H2,1-2,4-5H3. The molecule has 216 valence electrons. The maximum Gasteiger partial charge on any atom is 0.389 e. The van der Waals surface area contributed by atoms with Crippen molar-refractivity contribution in [3.8, 4) is 16.9 Å². The van der Waals surface area contributed by atoms with Crippen LogP contribution in [0.3, 0.4) is 0 Å². The van der Waals surface area contributed by atoms with Crippen LogP contribution in [0, 0.1) is 5.41 Å². The summed E-state index contributed by atoms with van der Waals surface area (Å²) in [7, 11) is 0. The number of carbonyl (C=O) groups is 1. The Morgan fingerprint density at radius 3 is 2.40 bits per heavy atom. The molecule has 1 heterocycles. The van der Waals surface area contributed by atoms with Crippen molar-refractivity contribution in [2.45, 2.75) is 72.4 Å². The maximum atomic E-state index is 13.3. The monoisotopic (exact) mass is 558 g/mol. The summed E-state index contributed by atoms with van der Waals surface area (Å²) >= 11 is 0. The molecule has 5 nitrogen and oxygen atoms in total. The molecule has 0 spiro atoms. The first kappa shape index (κ1) is 31.0. The molecule has 0 radical (unpaired) electrons. The Kier molecular flexibility index (Phi) is 10.2. The first-order valence-electron chi connectivity index (χ1n) is 13.6. The highest BCUT2D eigenvalue weighted by Gasteiger charge is 2.41. The second-order valence-electron chi connectivity index (χ2n) is 10.7. The average molecular weight is 559 g/mol. The fraction of sp³-hybridized carbons (Fsp3) is 0.438. The topological polar surface area (TPSA) is 65.7 Å². The summed E-state index contributed by atoms with van der Waals surface area (Å²) in [6.07, 6.45) is -0.503. The fourth-order valence-corrected chi connectivity index (χ4v) is 4.55. The second-order valence-corrected chi connectivity index (χ2v) is 10.7. The van der Waals surface area contributed by atoms with Gasteiger partial charge in [-0.3, -0.25) is 0 Å². The molecule has 8 heteroatoms. The summed E-state index contributed by atoms with van der Waals surface area (Å²) in [5.74, 6) is -0.539. The average Bonchev–Trinajstić information content (AvgIpc) is 2.89. The number of ether oxygens (including phenoxy) is 2. The highest BCUT2D eigenvalue weighted by Crippen LogP contribution is 2.35. The van der Waals surface area contributed by atoms with Crippen LogP contribution in [0.4, 0.5) is 13.2 Å². The molecule has 2 aromatic carbocycles. The first-order chi connectivity index (χ1) is 18.8. The number of unbranched alkanes of at least 4 members (excludes halogenated alkanes) is 2. The van der Waals surface area contributed by atoms with Crippen LogP contribution in [0.2, 0.25) is 0 Å². The highest BCUT2D eigenvalue weighted by atomic mass is 19.4. The third-order valence-corrected chi connectivity index (χ3v) is 6.73. The Morgan fingerprint density at radius 2 is 1.75 bits per heavy atom. The predicted octanol–water partition coefficient (Wildman–Crippen LogP) is 8.21. The van der Waals surface area contributed by atoms with E-state index in [1.807, 2.05) is 13.0 Å². The van der Waals surface area contributed by atoms with Crippen LogP contribution >= 0.6 is 0 Å². The summed E-state index contributed by atoms with van der Waals surface area (Å²) in [6.45, 7) is 9.54. The third kappa shape index (κ3) is 8.47. The van der Waals surface area contributed by atoms with Crippen LogP contribution in [-0.4, -0.2) is 25.4 Å². The van der Waals surface area contributed by atoms with E-state index in [-0.39, 0.29) is 23.5 Å². The van der Waals surface area contributed by atoms with Gasteiger partial charge in [0.05, 0.1) is 18.6 Å². The van der Waals surface area contributed by atoms with E-state index in [2.05, 4.69) is 25.6 Å². The molecule has 0 saturated carbocycles. The Labute approximate surface area is 233 Å². The number of fused-ring (bicyclic) bond motifs is 1. The quantitative estimate of drug-likeness (QED) is 0.0915. The van der Waals surface area contributed by atoms with Gasteiger partial charge in [0.2, 0.25) is 0 Å². The zero-order valence-electron chi connectivity index (χ0n) is 23.6. The number of aryl methyl sites for hydroxylation is 2. The zero-order valence-corrected chi connectivity index (χ0v) is 23.6. The van der Waals surface area contributed by atoms with E-state index in [0.717, 1.165) is 36.8 Å². The van der Waals surface area contributed by atoms with Gasteiger partial charge >= 0.3 is 17.8 Å². The van der Waals surface area contributed by atoms with Gasteiger partial charge in [0.15, 0.2) is 0 Å². The van der Waals surface area contributed by atoms with Crippen molar-refractivity contribution >= 4 is 16.9 Å². The first-order valence-corrected chi connectivity index (χ1v) is 13.6. The van der Waals surface area contributed by atoms with E-state index >= 15 is 0 Å². The second kappa shape index (κ2) is 13.2. The number of hydrogen-bond donors (Lipinski definition) is 0. The minimum atomic E-state index is -4.49. The SMILES string of the molecule is C=C(C)C(=O)OCC(C)(COc1ccc2cc(-c3ccc(CCCCC)cc3CC)c(=O)oc2c1)CC(F)(F)F. The number of alkyl halides is 3. The number of esters is 1. The van der Waals surface area contributed by atoms with Crippen molar-refractivity contribution < 1.29 is 31.9 Å². The van der Waals surface area contributed by atoms with Gasteiger partial charge in [-0.25, -0.2) is 9.59 Å². The smallest absolute Gasteiger partial charge is 0.389 e. The van der Waals surface area contributed by atoms with Gasteiger partial charge in [-0.1, -0.05) is 58.4 Å².